The number of fused-ring (bicyclic) bond motifs is 1. The molecule has 4 aromatic rings. The number of nitrogens with zero attached hydrogens (tertiary/aromatic N) is 3. The molecule has 1 amide bonds. The van der Waals surface area contributed by atoms with E-state index in [1.165, 1.54) is 31.7 Å². The monoisotopic (exact) mass is 596 g/mol. The molecule has 1 aliphatic heterocycles. The molecular weight excluding hydrogens is 576 g/mol. The van der Waals surface area contributed by atoms with Crippen LogP contribution < -0.4 is 15.8 Å². The maximum Gasteiger partial charge on any atom is 0.349 e. The van der Waals surface area contributed by atoms with Gasteiger partial charge in [-0.3, -0.25) is 4.79 Å². The molecular formula is C26H22Br2N4O3. The van der Waals surface area contributed by atoms with Crippen LogP contribution in [0.1, 0.15) is 36.0 Å². The van der Waals surface area contributed by atoms with E-state index in [1.807, 2.05) is 24.3 Å². The molecule has 0 spiro atoms. The largest absolute Gasteiger partial charge is 0.421 e. The number of rotatable bonds is 4. The molecule has 3 heterocycles. The zero-order chi connectivity index (χ0) is 24.4. The number of hydrogen-bond donors (Lipinski definition) is 1. The Morgan fingerprint density at radius 3 is 2.34 bits per heavy atom. The summed E-state index contributed by atoms with van der Waals surface area (Å²) in [5.41, 5.74) is 1.83. The number of benzene rings is 2. The highest BCUT2D eigenvalue weighted by molar-refractivity contribution is 9.11. The molecule has 0 radical (unpaired) electrons. The summed E-state index contributed by atoms with van der Waals surface area (Å²) in [6.07, 6.45) is 4.91. The fraction of sp³-hybridized carbons (Fsp3) is 0.231. The van der Waals surface area contributed by atoms with Crippen molar-refractivity contribution in [3.63, 3.8) is 0 Å². The van der Waals surface area contributed by atoms with E-state index < -0.39 is 11.5 Å². The van der Waals surface area contributed by atoms with Gasteiger partial charge < -0.3 is 14.6 Å². The van der Waals surface area contributed by atoms with Gasteiger partial charge in [0.25, 0.3) is 5.91 Å². The summed E-state index contributed by atoms with van der Waals surface area (Å²) in [5, 5.41) is 12.2. The SMILES string of the molecule is O=C(Nc1ccc(-c2ccc(N3CCCCCC3)nn2)cc1)c1cc2cc(Br)cc(Br)c2oc1=O. The molecule has 2 aromatic carbocycles. The van der Waals surface area contributed by atoms with Crippen LogP contribution in [0.25, 0.3) is 22.2 Å². The van der Waals surface area contributed by atoms with E-state index in [-0.39, 0.29) is 5.56 Å². The standard InChI is InChI=1S/C26H22Br2N4O3/c27-18-13-17-14-20(26(34)35-24(17)21(28)15-18)25(33)29-19-7-5-16(6-8-19)22-9-10-23(31-30-22)32-11-3-1-2-4-12-32/h5-10,13-15H,1-4,11-12H2,(H,29,33). The van der Waals surface area contributed by atoms with E-state index in [0.717, 1.165) is 34.6 Å². The second-order valence-corrected chi connectivity index (χ2v) is 10.2. The Labute approximate surface area is 218 Å². The topological polar surface area (TPSA) is 88.3 Å². The predicted molar refractivity (Wildman–Crippen MR) is 144 cm³/mol. The van der Waals surface area contributed by atoms with Crippen molar-refractivity contribution in [1.82, 2.24) is 10.2 Å². The molecule has 178 valence electrons. The number of carbonyl (C=O) groups is 1. The number of halogens is 2. The van der Waals surface area contributed by atoms with Crippen LogP contribution in [0.15, 0.2) is 72.8 Å². The highest BCUT2D eigenvalue weighted by atomic mass is 79.9. The lowest BCUT2D eigenvalue weighted by Crippen LogP contribution is -2.25. The summed E-state index contributed by atoms with van der Waals surface area (Å²) < 4.78 is 6.80. The number of carbonyl (C=O) groups excluding carboxylic acids is 1. The van der Waals surface area contributed by atoms with Crippen molar-refractivity contribution in [2.24, 2.45) is 0 Å². The highest BCUT2D eigenvalue weighted by Crippen LogP contribution is 2.28. The van der Waals surface area contributed by atoms with Crippen LogP contribution in [0.5, 0.6) is 0 Å². The Bertz CT molecular complexity index is 1430. The van der Waals surface area contributed by atoms with Crippen LogP contribution in [0, 0.1) is 0 Å². The Kier molecular flexibility index (Phi) is 6.97. The predicted octanol–water partition coefficient (Wildman–Crippen LogP) is 6.41. The molecule has 1 fully saturated rings. The van der Waals surface area contributed by atoms with E-state index in [2.05, 4.69) is 52.3 Å². The Morgan fingerprint density at radius 2 is 1.66 bits per heavy atom. The molecule has 2 aromatic heterocycles. The van der Waals surface area contributed by atoms with Crippen LogP contribution >= 0.6 is 31.9 Å². The van der Waals surface area contributed by atoms with E-state index in [1.54, 1.807) is 24.3 Å². The lowest BCUT2D eigenvalue weighted by molar-refractivity contribution is 0.102. The molecule has 1 aliphatic rings. The zero-order valence-electron chi connectivity index (χ0n) is 18.8. The smallest absolute Gasteiger partial charge is 0.349 e. The Hall–Kier alpha value is -3.04. The summed E-state index contributed by atoms with van der Waals surface area (Å²) in [6, 6.07) is 16.3. The van der Waals surface area contributed by atoms with Gasteiger partial charge in [-0.25, -0.2) is 4.79 Å². The summed E-state index contributed by atoms with van der Waals surface area (Å²) in [4.78, 5) is 27.5. The van der Waals surface area contributed by atoms with E-state index in [0.29, 0.717) is 21.1 Å². The van der Waals surface area contributed by atoms with Crippen molar-refractivity contribution in [3.8, 4) is 11.3 Å². The Morgan fingerprint density at radius 1 is 0.914 bits per heavy atom. The molecule has 0 unspecified atom stereocenters. The fourth-order valence-electron chi connectivity index (χ4n) is 4.19. The van der Waals surface area contributed by atoms with Gasteiger partial charge >= 0.3 is 5.63 Å². The Balaban J connectivity index is 1.31. The van der Waals surface area contributed by atoms with Crippen molar-refractivity contribution >= 4 is 60.2 Å². The lowest BCUT2D eigenvalue weighted by Gasteiger charge is -2.20. The number of hydrogen-bond acceptors (Lipinski definition) is 6. The first-order valence-electron chi connectivity index (χ1n) is 11.4. The minimum Gasteiger partial charge on any atom is -0.421 e. The van der Waals surface area contributed by atoms with Crippen LogP contribution in [0.3, 0.4) is 0 Å². The molecule has 0 aliphatic carbocycles. The van der Waals surface area contributed by atoms with E-state index in [9.17, 15) is 9.59 Å². The summed E-state index contributed by atoms with van der Waals surface area (Å²) in [5.74, 6) is 0.374. The molecule has 7 nitrogen and oxygen atoms in total. The minimum absolute atomic E-state index is 0.0680. The first kappa shape index (κ1) is 23.7. The van der Waals surface area contributed by atoms with E-state index >= 15 is 0 Å². The molecule has 35 heavy (non-hydrogen) atoms. The number of amides is 1. The maximum absolute atomic E-state index is 12.8. The van der Waals surface area contributed by atoms with Gasteiger partial charge in [-0.1, -0.05) is 40.9 Å². The van der Waals surface area contributed by atoms with Crippen molar-refractivity contribution in [3.05, 3.63) is 79.5 Å². The third-order valence-electron chi connectivity index (χ3n) is 6.02. The second-order valence-electron chi connectivity index (χ2n) is 8.46. The highest BCUT2D eigenvalue weighted by Gasteiger charge is 2.16. The summed E-state index contributed by atoms with van der Waals surface area (Å²) >= 11 is 6.78. The first-order chi connectivity index (χ1) is 17.0. The lowest BCUT2D eigenvalue weighted by atomic mass is 10.1. The van der Waals surface area contributed by atoms with Gasteiger partial charge in [0, 0.05) is 34.2 Å². The van der Waals surface area contributed by atoms with Crippen molar-refractivity contribution in [1.29, 1.82) is 0 Å². The van der Waals surface area contributed by atoms with Crippen LogP contribution in [0.2, 0.25) is 0 Å². The third-order valence-corrected chi connectivity index (χ3v) is 7.06. The number of aromatic nitrogens is 2. The fourth-order valence-corrected chi connectivity index (χ4v) is 5.53. The molecule has 9 heteroatoms. The van der Waals surface area contributed by atoms with Crippen LogP contribution in [-0.4, -0.2) is 29.2 Å². The van der Waals surface area contributed by atoms with Crippen LogP contribution in [-0.2, 0) is 0 Å². The summed E-state index contributed by atoms with van der Waals surface area (Å²) in [7, 11) is 0. The molecule has 0 saturated carbocycles. The van der Waals surface area contributed by atoms with Crippen molar-refractivity contribution in [2.75, 3.05) is 23.3 Å². The average Bonchev–Trinajstić information content (AvgIpc) is 3.14. The maximum atomic E-state index is 12.8. The molecule has 0 atom stereocenters. The van der Waals surface area contributed by atoms with Gasteiger partial charge in [0.1, 0.15) is 5.56 Å². The molecule has 1 N–H and O–H groups in total. The summed E-state index contributed by atoms with van der Waals surface area (Å²) in [6.45, 7) is 2.04. The van der Waals surface area contributed by atoms with E-state index in [4.69, 9.17) is 4.42 Å². The van der Waals surface area contributed by atoms with Gasteiger partial charge in [0.15, 0.2) is 11.4 Å². The van der Waals surface area contributed by atoms with Gasteiger partial charge in [-0.15, -0.1) is 10.2 Å². The average molecular weight is 598 g/mol. The van der Waals surface area contributed by atoms with Crippen molar-refractivity contribution < 1.29 is 9.21 Å². The number of nitrogens with one attached hydrogen (secondary N) is 1. The normalized spacial score (nSPS) is 14.1. The van der Waals surface area contributed by atoms with Crippen LogP contribution in [0.4, 0.5) is 11.5 Å². The van der Waals surface area contributed by atoms with Gasteiger partial charge in [0.05, 0.1) is 10.2 Å². The van der Waals surface area contributed by atoms with Gasteiger partial charge in [0.2, 0.25) is 0 Å². The quantitative estimate of drug-likeness (QED) is 0.274. The first-order valence-corrected chi connectivity index (χ1v) is 13.0. The van der Waals surface area contributed by atoms with Crippen molar-refractivity contribution in [2.45, 2.75) is 25.7 Å². The molecule has 1 saturated heterocycles. The number of anilines is 2. The second kappa shape index (κ2) is 10.3. The molecule has 5 rings (SSSR count). The van der Waals surface area contributed by atoms with Gasteiger partial charge in [-0.05, 0) is 71.2 Å². The minimum atomic E-state index is -0.700. The van der Waals surface area contributed by atoms with Gasteiger partial charge in [-0.2, -0.15) is 0 Å². The zero-order valence-corrected chi connectivity index (χ0v) is 21.9. The third kappa shape index (κ3) is 5.31. The molecule has 0 bridgehead atoms.